The third kappa shape index (κ3) is 1.48. The van der Waals surface area contributed by atoms with E-state index in [1.807, 2.05) is 0 Å². The summed E-state index contributed by atoms with van der Waals surface area (Å²) >= 11 is 1.22. The minimum atomic E-state index is -2.82. The van der Waals surface area contributed by atoms with E-state index in [4.69, 9.17) is 5.73 Å². The lowest BCUT2D eigenvalue weighted by Gasteiger charge is -2.10. The lowest BCUT2D eigenvalue weighted by Crippen LogP contribution is -2.23. The molecule has 0 bridgehead atoms. The highest BCUT2D eigenvalue weighted by Gasteiger charge is 2.33. The van der Waals surface area contributed by atoms with Crippen LogP contribution in [0.25, 0.3) is 0 Å². The molecular formula is C9H11F2NS. The van der Waals surface area contributed by atoms with Crippen molar-refractivity contribution in [1.82, 2.24) is 0 Å². The van der Waals surface area contributed by atoms with Crippen LogP contribution >= 0.6 is 11.3 Å². The molecule has 1 nitrogen and oxygen atoms in total. The van der Waals surface area contributed by atoms with Crippen molar-refractivity contribution in [2.45, 2.75) is 25.2 Å². The predicted octanol–water partition coefficient (Wildman–Crippen LogP) is 2.29. The first-order valence-electron chi connectivity index (χ1n) is 4.33. The van der Waals surface area contributed by atoms with Crippen molar-refractivity contribution in [2.24, 2.45) is 5.73 Å². The van der Waals surface area contributed by atoms with E-state index >= 15 is 0 Å². The molecule has 2 rings (SSSR count). The molecule has 1 aliphatic carbocycles. The van der Waals surface area contributed by atoms with Crippen LogP contribution in [0.5, 0.6) is 0 Å². The Hall–Kier alpha value is -0.480. The van der Waals surface area contributed by atoms with E-state index in [1.54, 1.807) is 6.07 Å². The van der Waals surface area contributed by atoms with Crippen molar-refractivity contribution in [1.29, 1.82) is 0 Å². The van der Waals surface area contributed by atoms with Crippen LogP contribution in [0.15, 0.2) is 6.07 Å². The van der Waals surface area contributed by atoms with Gasteiger partial charge in [0.15, 0.2) is 0 Å². The average Bonchev–Trinajstić information content (AvgIpc) is 2.61. The maximum atomic E-state index is 13.1. The molecule has 0 unspecified atom stereocenters. The Morgan fingerprint density at radius 1 is 1.46 bits per heavy atom. The van der Waals surface area contributed by atoms with Crippen LogP contribution in [-0.4, -0.2) is 6.54 Å². The first kappa shape index (κ1) is 9.09. The van der Waals surface area contributed by atoms with Crippen LogP contribution in [0.1, 0.15) is 21.7 Å². The number of hydrogen-bond donors (Lipinski definition) is 1. The molecular weight excluding hydrogens is 192 g/mol. The van der Waals surface area contributed by atoms with Gasteiger partial charge in [0, 0.05) is 4.88 Å². The number of thiophene rings is 1. The number of hydrogen-bond acceptors (Lipinski definition) is 2. The summed E-state index contributed by atoms with van der Waals surface area (Å²) in [5.41, 5.74) is 6.12. The van der Waals surface area contributed by atoms with Crippen molar-refractivity contribution in [3.05, 3.63) is 21.4 Å². The van der Waals surface area contributed by atoms with Crippen molar-refractivity contribution < 1.29 is 8.78 Å². The monoisotopic (exact) mass is 203 g/mol. The maximum absolute atomic E-state index is 13.1. The number of aryl methyl sites for hydroxylation is 2. The summed E-state index contributed by atoms with van der Waals surface area (Å²) in [4.78, 5) is 1.27. The zero-order valence-corrected chi connectivity index (χ0v) is 7.96. The average molecular weight is 203 g/mol. The van der Waals surface area contributed by atoms with Gasteiger partial charge in [-0.1, -0.05) is 0 Å². The second-order valence-electron chi connectivity index (χ2n) is 3.32. The number of alkyl halides is 2. The molecule has 0 saturated carbocycles. The van der Waals surface area contributed by atoms with E-state index in [9.17, 15) is 8.78 Å². The van der Waals surface area contributed by atoms with Crippen LogP contribution < -0.4 is 5.73 Å². The van der Waals surface area contributed by atoms with Gasteiger partial charge in [0.25, 0.3) is 5.92 Å². The summed E-state index contributed by atoms with van der Waals surface area (Å²) < 4.78 is 26.2. The quantitative estimate of drug-likeness (QED) is 0.784. The molecule has 1 aliphatic rings. The Morgan fingerprint density at radius 3 is 2.85 bits per heavy atom. The van der Waals surface area contributed by atoms with Crippen molar-refractivity contribution in [3.63, 3.8) is 0 Å². The Kier molecular flexibility index (Phi) is 2.12. The predicted molar refractivity (Wildman–Crippen MR) is 49.3 cm³/mol. The Bertz CT molecular complexity index is 298. The van der Waals surface area contributed by atoms with Gasteiger partial charge >= 0.3 is 0 Å². The second-order valence-corrected chi connectivity index (χ2v) is 4.46. The molecule has 0 atom stereocenters. The van der Waals surface area contributed by atoms with Crippen LogP contribution in [0.4, 0.5) is 8.78 Å². The Morgan fingerprint density at radius 2 is 2.23 bits per heavy atom. The van der Waals surface area contributed by atoms with Crippen LogP contribution in [0.2, 0.25) is 0 Å². The van der Waals surface area contributed by atoms with E-state index in [0.717, 1.165) is 29.7 Å². The molecule has 0 amide bonds. The van der Waals surface area contributed by atoms with Crippen LogP contribution in [0.3, 0.4) is 0 Å². The summed E-state index contributed by atoms with van der Waals surface area (Å²) in [5.74, 6) is -2.82. The van der Waals surface area contributed by atoms with Gasteiger partial charge < -0.3 is 5.73 Å². The molecule has 13 heavy (non-hydrogen) atoms. The van der Waals surface area contributed by atoms with Crippen LogP contribution in [0, 0.1) is 0 Å². The van der Waals surface area contributed by atoms with Crippen molar-refractivity contribution in [3.8, 4) is 0 Å². The fraction of sp³-hybridized carbons (Fsp3) is 0.556. The summed E-state index contributed by atoms with van der Waals surface area (Å²) in [5, 5.41) is 0. The highest BCUT2D eigenvalue weighted by molar-refractivity contribution is 7.12. The molecule has 0 radical (unpaired) electrons. The maximum Gasteiger partial charge on any atom is 0.294 e. The minimum absolute atomic E-state index is 0.139. The van der Waals surface area contributed by atoms with Gasteiger partial charge in [0.2, 0.25) is 0 Å². The lowest BCUT2D eigenvalue weighted by atomic mass is 10.2. The van der Waals surface area contributed by atoms with Gasteiger partial charge in [-0.15, -0.1) is 11.3 Å². The zero-order valence-electron chi connectivity index (χ0n) is 7.15. The summed E-state index contributed by atoms with van der Waals surface area (Å²) in [6.45, 7) is -0.591. The smallest absolute Gasteiger partial charge is 0.294 e. The number of halogens is 2. The molecule has 0 aliphatic heterocycles. The van der Waals surface area contributed by atoms with E-state index in [-0.39, 0.29) is 4.88 Å². The van der Waals surface area contributed by atoms with Gasteiger partial charge in [0.05, 0.1) is 11.4 Å². The zero-order chi connectivity index (χ0) is 9.47. The molecule has 1 heterocycles. The molecule has 0 saturated heterocycles. The van der Waals surface area contributed by atoms with Crippen LogP contribution in [-0.2, 0) is 18.8 Å². The fourth-order valence-corrected chi connectivity index (χ4v) is 2.85. The molecule has 2 N–H and O–H groups in total. The first-order chi connectivity index (χ1) is 6.13. The lowest BCUT2D eigenvalue weighted by molar-refractivity contribution is 0.00984. The molecule has 0 aromatic carbocycles. The normalized spacial score (nSPS) is 16.2. The fourth-order valence-electron chi connectivity index (χ4n) is 1.61. The molecule has 72 valence electrons. The molecule has 4 heteroatoms. The van der Waals surface area contributed by atoms with Gasteiger partial charge in [-0.2, -0.15) is 8.78 Å². The largest absolute Gasteiger partial charge is 0.325 e. The summed E-state index contributed by atoms with van der Waals surface area (Å²) in [6.07, 6.45) is 3.02. The summed E-state index contributed by atoms with van der Waals surface area (Å²) in [7, 11) is 0. The highest BCUT2D eigenvalue weighted by Crippen LogP contribution is 2.38. The SMILES string of the molecule is NCC(F)(F)c1cc2c(s1)CCC2. The number of rotatable bonds is 2. The van der Waals surface area contributed by atoms with E-state index in [2.05, 4.69) is 0 Å². The Balaban J connectivity index is 2.33. The standard InChI is InChI=1S/C9H11F2NS/c10-9(11,5-12)8-4-6-2-1-3-7(6)13-8/h4H,1-3,5,12H2. The highest BCUT2D eigenvalue weighted by atomic mass is 32.1. The third-order valence-corrected chi connectivity index (χ3v) is 3.71. The topological polar surface area (TPSA) is 26.0 Å². The first-order valence-corrected chi connectivity index (χ1v) is 5.15. The van der Waals surface area contributed by atoms with Crippen molar-refractivity contribution in [2.75, 3.05) is 6.54 Å². The van der Waals surface area contributed by atoms with Gasteiger partial charge in [-0.25, -0.2) is 0 Å². The number of fused-ring (bicyclic) bond motifs is 1. The summed E-state index contributed by atoms with van der Waals surface area (Å²) in [6, 6.07) is 1.62. The van der Waals surface area contributed by atoms with Crippen molar-refractivity contribution >= 4 is 11.3 Å². The number of nitrogens with two attached hydrogens (primary N) is 1. The van der Waals surface area contributed by atoms with Gasteiger partial charge in [-0.05, 0) is 30.9 Å². The van der Waals surface area contributed by atoms with E-state index < -0.39 is 12.5 Å². The van der Waals surface area contributed by atoms with Gasteiger partial charge in [-0.3, -0.25) is 0 Å². The van der Waals surface area contributed by atoms with E-state index in [1.165, 1.54) is 11.3 Å². The van der Waals surface area contributed by atoms with Gasteiger partial charge in [0.1, 0.15) is 0 Å². The minimum Gasteiger partial charge on any atom is -0.325 e. The van der Waals surface area contributed by atoms with E-state index in [0.29, 0.717) is 0 Å². The molecule has 1 aromatic heterocycles. The molecule has 0 fully saturated rings. The molecule has 0 spiro atoms. The Labute approximate surface area is 79.6 Å². The molecule has 1 aromatic rings. The third-order valence-electron chi connectivity index (χ3n) is 2.36. The second kappa shape index (κ2) is 3.03.